The van der Waals surface area contributed by atoms with Crippen molar-refractivity contribution in [2.45, 2.75) is 19.0 Å². The van der Waals surface area contributed by atoms with Gasteiger partial charge in [0.15, 0.2) is 0 Å². The molecule has 0 saturated carbocycles. The van der Waals surface area contributed by atoms with E-state index in [0.717, 1.165) is 21.7 Å². The van der Waals surface area contributed by atoms with Crippen molar-refractivity contribution in [1.29, 1.82) is 0 Å². The second-order valence-corrected chi connectivity index (χ2v) is 11.3. The summed E-state index contributed by atoms with van der Waals surface area (Å²) >= 11 is 12.2. The molecule has 0 aliphatic carbocycles. The van der Waals surface area contributed by atoms with Crippen molar-refractivity contribution in [2.75, 3.05) is 31.3 Å². The molecule has 3 aromatic carbocycles. The van der Waals surface area contributed by atoms with E-state index in [-0.39, 0.29) is 35.3 Å². The maximum absolute atomic E-state index is 13.9. The van der Waals surface area contributed by atoms with Crippen LogP contribution in [0.25, 0.3) is 0 Å². The van der Waals surface area contributed by atoms with Crippen LogP contribution >= 0.6 is 23.2 Å². The van der Waals surface area contributed by atoms with Gasteiger partial charge in [0.2, 0.25) is 21.8 Å². The van der Waals surface area contributed by atoms with E-state index < -0.39 is 28.5 Å². The second kappa shape index (κ2) is 13.0. The molecule has 11 heteroatoms. The van der Waals surface area contributed by atoms with Crippen molar-refractivity contribution < 1.29 is 22.7 Å². The number of nitrogens with one attached hydrogen (secondary N) is 1. The van der Waals surface area contributed by atoms with Gasteiger partial charge in [-0.1, -0.05) is 65.7 Å². The first-order valence-corrected chi connectivity index (χ1v) is 14.2. The van der Waals surface area contributed by atoms with Gasteiger partial charge in [0.05, 0.1) is 19.1 Å². The average Bonchev–Trinajstić information content (AvgIpc) is 2.89. The summed E-state index contributed by atoms with van der Waals surface area (Å²) in [6, 6.07) is 19.7. The average molecular weight is 579 g/mol. The molecule has 8 nitrogen and oxygen atoms in total. The molecule has 0 aromatic heterocycles. The summed E-state index contributed by atoms with van der Waals surface area (Å²) < 4.78 is 32.0. The molecule has 3 aromatic rings. The lowest BCUT2D eigenvalue weighted by Crippen LogP contribution is -2.52. The number of hydrogen-bond acceptors (Lipinski definition) is 5. The highest BCUT2D eigenvalue weighted by molar-refractivity contribution is 7.92. The molecule has 0 heterocycles. The molecule has 2 amide bonds. The van der Waals surface area contributed by atoms with Crippen LogP contribution < -0.4 is 14.4 Å². The third-order valence-electron chi connectivity index (χ3n) is 5.87. The predicted octanol–water partition coefficient (Wildman–Crippen LogP) is 4.15. The number of halogens is 2. The van der Waals surface area contributed by atoms with Crippen LogP contribution in [0.1, 0.15) is 11.1 Å². The minimum Gasteiger partial charge on any atom is -0.495 e. The normalized spacial score (nSPS) is 11.9. The van der Waals surface area contributed by atoms with Crippen molar-refractivity contribution in [3.63, 3.8) is 0 Å². The zero-order chi connectivity index (χ0) is 27.9. The highest BCUT2D eigenvalue weighted by Crippen LogP contribution is 2.33. The number of benzene rings is 3. The number of amides is 2. The molecule has 0 unspecified atom stereocenters. The van der Waals surface area contributed by atoms with E-state index in [1.165, 1.54) is 31.2 Å². The Balaban J connectivity index is 2.06. The molecule has 0 radical (unpaired) electrons. The molecular formula is C27H29Cl2N3O5S. The number of sulfonamides is 1. The van der Waals surface area contributed by atoms with E-state index in [2.05, 4.69) is 5.32 Å². The standard InChI is InChI=1S/C27H29Cl2N3O5S/c1-30-27(34)24(15-19-7-5-4-6-8-19)31(17-20-9-11-21(28)12-10-20)26(33)18-32(38(3,35)36)23-16-22(29)13-14-25(23)37-2/h4-14,16,24H,15,17-18H2,1-3H3,(H,30,34)/t24-/m1/s1. The first-order valence-electron chi connectivity index (χ1n) is 11.6. The number of carbonyl (C=O) groups excluding carboxylic acids is 2. The SMILES string of the molecule is CNC(=O)[C@@H](Cc1ccccc1)N(Cc1ccc(Cl)cc1)C(=O)CN(c1cc(Cl)ccc1OC)S(C)(=O)=O. The van der Waals surface area contributed by atoms with Crippen LogP contribution in [-0.4, -0.2) is 58.1 Å². The molecule has 38 heavy (non-hydrogen) atoms. The van der Waals surface area contributed by atoms with Gasteiger partial charge in [0.1, 0.15) is 18.3 Å². The molecule has 0 spiro atoms. The molecule has 1 atom stereocenters. The Kier molecular flexibility index (Phi) is 10.0. The van der Waals surface area contributed by atoms with Crippen LogP contribution in [0.5, 0.6) is 5.75 Å². The second-order valence-electron chi connectivity index (χ2n) is 8.55. The number of likely N-dealkylation sites (N-methyl/N-ethyl adjacent to an activating group) is 1. The largest absolute Gasteiger partial charge is 0.495 e. The van der Waals surface area contributed by atoms with Crippen molar-refractivity contribution in [1.82, 2.24) is 10.2 Å². The fraction of sp³-hybridized carbons (Fsp3) is 0.259. The fourth-order valence-electron chi connectivity index (χ4n) is 3.96. The Hall–Kier alpha value is -3.27. The molecule has 0 fully saturated rings. The number of rotatable bonds is 11. The monoisotopic (exact) mass is 577 g/mol. The summed E-state index contributed by atoms with van der Waals surface area (Å²) in [5, 5.41) is 3.43. The smallest absolute Gasteiger partial charge is 0.244 e. The van der Waals surface area contributed by atoms with Crippen molar-refractivity contribution in [3.05, 3.63) is 94.0 Å². The van der Waals surface area contributed by atoms with Crippen LogP contribution in [0.2, 0.25) is 10.0 Å². The van der Waals surface area contributed by atoms with E-state index in [1.807, 2.05) is 30.3 Å². The molecule has 0 bridgehead atoms. The van der Waals surface area contributed by atoms with E-state index >= 15 is 0 Å². The minimum atomic E-state index is -3.96. The Bertz CT molecular complexity index is 1370. The van der Waals surface area contributed by atoms with E-state index in [0.29, 0.717) is 5.02 Å². The lowest BCUT2D eigenvalue weighted by Gasteiger charge is -2.33. The Morgan fingerprint density at radius 2 is 1.58 bits per heavy atom. The minimum absolute atomic E-state index is 0.0468. The summed E-state index contributed by atoms with van der Waals surface area (Å²) in [7, 11) is -1.07. The highest BCUT2D eigenvalue weighted by atomic mass is 35.5. The van der Waals surface area contributed by atoms with Crippen LogP contribution in [0.3, 0.4) is 0 Å². The Morgan fingerprint density at radius 1 is 0.947 bits per heavy atom. The van der Waals surface area contributed by atoms with Gasteiger partial charge in [-0.2, -0.15) is 0 Å². The van der Waals surface area contributed by atoms with E-state index in [9.17, 15) is 18.0 Å². The first kappa shape index (κ1) is 29.3. The van der Waals surface area contributed by atoms with Crippen LogP contribution in [-0.2, 0) is 32.6 Å². The van der Waals surface area contributed by atoms with E-state index in [4.69, 9.17) is 27.9 Å². The summed E-state index contributed by atoms with van der Waals surface area (Å²) in [5.41, 5.74) is 1.67. The van der Waals surface area contributed by atoms with Gasteiger partial charge in [0.25, 0.3) is 0 Å². The van der Waals surface area contributed by atoms with Gasteiger partial charge in [0, 0.05) is 30.1 Å². The summed E-state index contributed by atoms with van der Waals surface area (Å²) in [5.74, 6) is -0.747. The van der Waals surface area contributed by atoms with Gasteiger partial charge >= 0.3 is 0 Å². The number of carbonyl (C=O) groups is 2. The van der Waals surface area contributed by atoms with E-state index in [1.54, 1.807) is 30.3 Å². The zero-order valence-electron chi connectivity index (χ0n) is 21.2. The van der Waals surface area contributed by atoms with Crippen LogP contribution in [0, 0.1) is 0 Å². The van der Waals surface area contributed by atoms with Gasteiger partial charge < -0.3 is 15.0 Å². The zero-order valence-corrected chi connectivity index (χ0v) is 23.6. The number of nitrogens with zero attached hydrogens (tertiary/aromatic N) is 2. The van der Waals surface area contributed by atoms with Gasteiger partial charge in [-0.15, -0.1) is 0 Å². The fourth-order valence-corrected chi connectivity index (χ4v) is 5.10. The number of anilines is 1. The molecule has 202 valence electrons. The lowest BCUT2D eigenvalue weighted by atomic mass is 10.0. The number of hydrogen-bond donors (Lipinski definition) is 1. The Labute approximate surface area is 233 Å². The molecule has 1 N–H and O–H groups in total. The van der Waals surface area contributed by atoms with Crippen LogP contribution in [0.15, 0.2) is 72.8 Å². The van der Waals surface area contributed by atoms with Gasteiger partial charge in [-0.3, -0.25) is 13.9 Å². The maximum atomic E-state index is 13.9. The summed E-state index contributed by atoms with van der Waals surface area (Å²) in [4.78, 5) is 28.4. The summed E-state index contributed by atoms with van der Waals surface area (Å²) in [6.07, 6.45) is 1.21. The maximum Gasteiger partial charge on any atom is 0.244 e. The lowest BCUT2D eigenvalue weighted by molar-refractivity contribution is -0.139. The van der Waals surface area contributed by atoms with Gasteiger partial charge in [-0.25, -0.2) is 8.42 Å². The van der Waals surface area contributed by atoms with Crippen molar-refractivity contribution in [3.8, 4) is 5.75 Å². The quantitative estimate of drug-likeness (QED) is 0.369. The van der Waals surface area contributed by atoms with Crippen molar-refractivity contribution >= 4 is 50.7 Å². The summed E-state index contributed by atoms with van der Waals surface area (Å²) in [6.45, 7) is -0.531. The molecule has 0 aliphatic heterocycles. The predicted molar refractivity (Wildman–Crippen MR) is 150 cm³/mol. The molecular weight excluding hydrogens is 549 g/mol. The molecule has 0 saturated heterocycles. The van der Waals surface area contributed by atoms with Gasteiger partial charge in [-0.05, 0) is 41.5 Å². The Morgan fingerprint density at radius 3 is 2.16 bits per heavy atom. The first-order chi connectivity index (χ1) is 18.0. The third kappa shape index (κ3) is 7.63. The molecule has 0 aliphatic rings. The van der Waals surface area contributed by atoms with Crippen molar-refractivity contribution in [2.24, 2.45) is 0 Å². The number of ether oxygens (including phenoxy) is 1. The highest BCUT2D eigenvalue weighted by Gasteiger charge is 2.33. The number of methoxy groups -OCH3 is 1. The third-order valence-corrected chi connectivity index (χ3v) is 7.49. The topological polar surface area (TPSA) is 96.0 Å². The van der Waals surface area contributed by atoms with Crippen LogP contribution in [0.4, 0.5) is 5.69 Å². The molecule has 3 rings (SSSR count).